The largest absolute Gasteiger partial charge is 0.316 e. The molecule has 1 heterocycles. The van der Waals surface area contributed by atoms with Crippen molar-refractivity contribution in [1.82, 2.24) is 4.90 Å². The Kier molecular flexibility index (Phi) is 2.15. The van der Waals surface area contributed by atoms with Crippen LogP contribution in [-0.2, 0) is 4.79 Å². The van der Waals surface area contributed by atoms with Crippen LogP contribution in [0.4, 0.5) is 0 Å². The highest BCUT2D eigenvalue weighted by Crippen LogP contribution is 2.25. The molecule has 0 N–H and O–H groups in total. The van der Waals surface area contributed by atoms with Crippen LogP contribution in [0.1, 0.15) is 38.5 Å². The summed E-state index contributed by atoms with van der Waals surface area (Å²) in [6.45, 7) is 0. The molecule has 2 nitrogen and oxygen atoms in total. The topological polar surface area (TPSA) is 20.3 Å². The maximum absolute atomic E-state index is 11.3. The van der Waals surface area contributed by atoms with Crippen LogP contribution in [0.25, 0.3) is 0 Å². The number of rotatable bonds is 1. The molecule has 0 unspecified atom stereocenters. The van der Waals surface area contributed by atoms with E-state index in [9.17, 15) is 4.79 Å². The van der Waals surface area contributed by atoms with E-state index in [0.717, 1.165) is 0 Å². The van der Waals surface area contributed by atoms with Gasteiger partial charge in [0.25, 0.3) is 0 Å². The third-order valence-corrected chi connectivity index (χ3v) is 2.81. The number of carbonyl (C=O) groups excluding carboxylic acids is 1. The third kappa shape index (κ3) is 1.38. The van der Waals surface area contributed by atoms with Gasteiger partial charge in [0.05, 0.1) is 0 Å². The van der Waals surface area contributed by atoms with Gasteiger partial charge in [0.1, 0.15) is 0 Å². The summed E-state index contributed by atoms with van der Waals surface area (Å²) >= 11 is 0. The number of nitrogens with zero attached hydrogens (tertiary/aromatic N) is 1. The van der Waals surface area contributed by atoms with E-state index in [1.165, 1.54) is 32.1 Å². The molecule has 1 aliphatic heterocycles. The van der Waals surface area contributed by atoms with E-state index in [1.54, 1.807) is 0 Å². The Hall–Kier alpha value is -0.790. The van der Waals surface area contributed by atoms with Crippen LogP contribution in [0.2, 0.25) is 0 Å². The smallest absolute Gasteiger partial charge is 0.230 e. The van der Waals surface area contributed by atoms with Gasteiger partial charge in [-0.3, -0.25) is 4.79 Å². The number of carbonyl (C=O) groups is 1. The molecule has 0 aromatic heterocycles. The molecule has 0 bridgehead atoms. The Morgan fingerprint density at radius 3 is 2.58 bits per heavy atom. The van der Waals surface area contributed by atoms with Crippen molar-refractivity contribution in [2.75, 3.05) is 0 Å². The fourth-order valence-electron chi connectivity index (χ4n) is 2.14. The van der Waals surface area contributed by atoms with Gasteiger partial charge in [0.15, 0.2) is 0 Å². The molecular formula is C10H15NO. The first kappa shape index (κ1) is 7.84. The molecule has 0 radical (unpaired) electrons. The van der Waals surface area contributed by atoms with Gasteiger partial charge in [0.2, 0.25) is 5.91 Å². The van der Waals surface area contributed by atoms with Crippen molar-refractivity contribution in [3.8, 4) is 0 Å². The molecule has 1 saturated carbocycles. The van der Waals surface area contributed by atoms with Crippen LogP contribution < -0.4 is 0 Å². The van der Waals surface area contributed by atoms with Crippen molar-refractivity contribution >= 4 is 5.91 Å². The fourth-order valence-corrected chi connectivity index (χ4v) is 2.14. The second-order valence-electron chi connectivity index (χ2n) is 3.68. The minimum atomic E-state index is 0.293. The summed E-state index contributed by atoms with van der Waals surface area (Å²) in [6.07, 6.45) is 10.9. The van der Waals surface area contributed by atoms with Crippen LogP contribution in [0.3, 0.4) is 0 Å². The molecule has 2 aliphatic rings. The highest BCUT2D eigenvalue weighted by atomic mass is 16.2. The number of amides is 1. The minimum absolute atomic E-state index is 0.293. The van der Waals surface area contributed by atoms with E-state index in [1.807, 2.05) is 17.2 Å². The van der Waals surface area contributed by atoms with Gasteiger partial charge < -0.3 is 4.90 Å². The zero-order chi connectivity index (χ0) is 8.39. The van der Waals surface area contributed by atoms with Crippen LogP contribution in [0, 0.1) is 0 Å². The number of hydrogen-bond donors (Lipinski definition) is 0. The van der Waals surface area contributed by atoms with Gasteiger partial charge >= 0.3 is 0 Å². The van der Waals surface area contributed by atoms with Crippen molar-refractivity contribution in [2.24, 2.45) is 0 Å². The van der Waals surface area contributed by atoms with Gasteiger partial charge in [-0.2, -0.15) is 0 Å². The Bertz CT molecular complexity index is 204. The quantitative estimate of drug-likeness (QED) is 0.582. The standard InChI is InChI=1S/C10H15NO/c12-10-7-4-8-11(10)9-5-2-1-3-6-9/h4,8-9H,1-3,5-7H2. The first-order chi connectivity index (χ1) is 5.88. The van der Waals surface area contributed by atoms with E-state index in [0.29, 0.717) is 18.4 Å². The summed E-state index contributed by atoms with van der Waals surface area (Å²) in [5, 5.41) is 0. The summed E-state index contributed by atoms with van der Waals surface area (Å²) in [5.74, 6) is 0.293. The van der Waals surface area contributed by atoms with Crippen LogP contribution in [0.15, 0.2) is 12.3 Å². The molecule has 1 amide bonds. The van der Waals surface area contributed by atoms with E-state index >= 15 is 0 Å². The first-order valence-corrected chi connectivity index (χ1v) is 4.86. The van der Waals surface area contributed by atoms with Gasteiger partial charge in [-0.15, -0.1) is 0 Å². The molecular weight excluding hydrogens is 150 g/mol. The summed E-state index contributed by atoms with van der Waals surface area (Å²) in [5.41, 5.74) is 0. The molecule has 1 aliphatic carbocycles. The SMILES string of the molecule is O=C1CC=CN1C1CCCCC1. The average molecular weight is 165 g/mol. The maximum atomic E-state index is 11.3. The third-order valence-electron chi connectivity index (χ3n) is 2.81. The number of hydrogen-bond acceptors (Lipinski definition) is 1. The second-order valence-corrected chi connectivity index (χ2v) is 3.68. The Labute approximate surface area is 73.2 Å². The van der Waals surface area contributed by atoms with Crippen molar-refractivity contribution in [2.45, 2.75) is 44.6 Å². The second kappa shape index (κ2) is 3.30. The zero-order valence-corrected chi connectivity index (χ0v) is 7.33. The van der Waals surface area contributed by atoms with Gasteiger partial charge in [0, 0.05) is 18.7 Å². The highest BCUT2D eigenvalue weighted by Gasteiger charge is 2.25. The highest BCUT2D eigenvalue weighted by molar-refractivity contribution is 5.81. The Morgan fingerprint density at radius 1 is 1.25 bits per heavy atom. The molecule has 0 spiro atoms. The molecule has 2 heteroatoms. The Morgan fingerprint density at radius 2 is 2.00 bits per heavy atom. The maximum Gasteiger partial charge on any atom is 0.230 e. The molecule has 12 heavy (non-hydrogen) atoms. The van der Waals surface area contributed by atoms with Gasteiger partial charge in [-0.1, -0.05) is 25.3 Å². The summed E-state index contributed by atoms with van der Waals surface area (Å²) in [7, 11) is 0. The lowest BCUT2D eigenvalue weighted by Gasteiger charge is -2.29. The van der Waals surface area contributed by atoms with Crippen molar-refractivity contribution in [3.63, 3.8) is 0 Å². The summed E-state index contributed by atoms with van der Waals surface area (Å²) in [6, 6.07) is 0.519. The fraction of sp³-hybridized carbons (Fsp3) is 0.700. The average Bonchev–Trinajstić information content (AvgIpc) is 2.53. The monoisotopic (exact) mass is 165 g/mol. The molecule has 1 fully saturated rings. The van der Waals surface area contributed by atoms with Crippen molar-refractivity contribution in [1.29, 1.82) is 0 Å². The van der Waals surface area contributed by atoms with Gasteiger partial charge in [-0.05, 0) is 12.8 Å². The molecule has 66 valence electrons. The molecule has 0 saturated heterocycles. The van der Waals surface area contributed by atoms with E-state index in [4.69, 9.17) is 0 Å². The molecule has 0 atom stereocenters. The first-order valence-electron chi connectivity index (χ1n) is 4.86. The predicted octanol–water partition coefficient (Wildman–Crippen LogP) is 2.07. The van der Waals surface area contributed by atoms with Crippen molar-refractivity contribution in [3.05, 3.63) is 12.3 Å². The summed E-state index contributed by atoms with van der Waals surface area (Å²) < 4.78 is 0. The lowest BCUT2D eigenvalue weighted by Crippen LogP contribution is -2.34. The predicted molar refractivity (Wildman–Crippen MR) is 47.5 cm³/mol. The normalized spacial score (nSPS) is 25.3. The van der Waals surface area contributed by atoms with Crippen molar-refractivity contribution < 1.29 is 4.79 Å². The lowest BCUT2D eigenvalue weighted by atomic mass is 9.94. The zero-order valence-electron chi connectivity index (χ0n) is 7.33. The van der Waals surface area contributed by atoms with E-state index in [-0.39, 0.29) is 0 Å². The van der Waals surface area contributed by atoms with E-state index < -0.39 is 0 Å². The molecule has 2 rings (SSSR count). The molecule has 0 aromatic rings. The van der Waals surface area contributed by atoms with Crippen LogP contribution in [-0.4, -0.2) is 16.8 Å². The van der Waals surface area contributed by atoms with Gasteiger partial charge in [-0.25, -0.2) is 0 Å². The summed E-state index contributed by atoms with van der Waals surface area (Å²) in [4.78, 5) is 13.3. The van der Waals surface area contributed by atoms with E-state index in [2.05, 4.69) is 0 Å². The van der Waals surface area contributed by atoms with Crippen LogP contribution >= 0.6 is 0 Å². The minimum Gasteiger partial charge on any atom is -0.316 e. The lowest BCUT2D eigenvalue weighted by molar-refractivity contribution is -0.128. The molecule has 0 aromatic carbocycles. The Balaban J connectivity index is 1.97. The van der Waals surface area contributed by atoms with Crippen LogP contribution in [0.5, 0.6) is 0 Å².